The fourth-order valence-electron chi connectivity index (χ4n) is 3.04. The van der Waals surface area contributed by atoms with E-state index in [1.54, 1.807) is 0 Å². The smallest absolute Gasteiger partial charge is 0.302 e. The number of benzene rings is 1. The Hall–Kier alpha value is -2.36. The highest BCUT2D eigenvalue weighted by molar-refractivity contribution is 5.78. The van der Waals surface area contributed by atoms with Crippen molar-refractivity contribution in [3.63, 3.8) is 0 Å². The van der Waals surface area contributed by atoms with Gasteiger partial charge in [-0.2, -0.15) is 0 Å². The number of allylic oxidation sites excluding steroid dienone is 2. The summed E-state index contributed by atoms with van der Waals surface area (Å²) in [5.41, 5.74) is 4.60. The normalized spacial score (nSPS) is 10.4. The zero-order valence-electron chi connectivity index (χ0n) is 17.4. The van der Waals surface area contributed by atoms with E-state index in [1.807, 2.05) is 12.1 Å². The van der Waals surface area contributed by atoms with Crippen molar-refractivity contribution in [2.75, 3.05) is 13.2 Å². The van der Waals surface area contributed by atoms with Crippen LogP contribution in [0.3, 0.4) is 0 Å². The Balaban J connectivity index is 2.41. The van der Waals surface area contributed by atoms with Gasteiger partial charge < -0.3 is 9.47 Å². The Bertz CT molecular complexity index is 603. The molecule has 0 bridgehead atoms. The number of rotatable bonds is 14. The number of hydrogen-bond donors (Lipinski definition) is 0. The third kappa shape index (κ3) is 10.1. The zero-order chi connectivity index (χ0) is 20.8. The summed E-state index contributed by atoms with van der Waals surface area (Å²) in [6.45, 7) is 12.4. The van der Waals surface area contributed by atoms with Gasteiger partial charge in [-0.15, -0.1) is 0 Å². The monoisotopic (exact) mass is 386 g/mol. The van der Waals surface area contributed by atoms with Crippen LogP contribution in [0.1, 0.15) is 76.3 Å². The number of hydrogen-bond acceptors (Lipinski definition) is 4. The standard InChI is InChI=1S/C24H34O4/c1-19(13-7-5-11-17-27-21(3)25)23-15-9-10-16-24(23)20(2)14-8-6-12-18-28-22(4)26/h9-10,15-16H,1-2,5-8,11-14,17-18H2,3-4H3. The lowest BCUT2D eigenvalue weighted by Gasteiger charge is -2.14. The van der Waals surface area contributed by atoms with Gasteiger partial charge in [0.05, 0.1) is 13.2 Å². The highest BCUT2D eigenvalue weighted by Crippen LogP contribution is 2.29. The van der Waals surface area contributed by atoms with E-state index in [0.717, 1.165) is 62.5 Å². The van der Waals surface area contributed by atoms with Crippen LogP contribution in [0.2, 0.25) is 0 Å². The van der Waals surface area contributed by atoms with Crippen molar-refractivity contribution < 1.29 is 19.1 Å². The van der Waals surface area contributed by atoms with Gasteiger partial charge in [-0.3, -0.25) is 9.59 Å². The minimum Gasteiger partial charge on any atom is -0.466 e. The van der Waals surface area contributed by atoms with Crippen molar-refractivity contribution in [1.29, 1.82) is 0 Å². The molecule has 0 radical (unpaired) electrons. The Kier molecular flexibility index (Phi) is 11.6. The number of esters is 2. The van der Waals surface area contributed by atoms with Gasteiger partial charge in [0.15, 0.2) is 0 Å². The second-order valence-electron chi connectivity index (χ2n) is 7.05. The largest absolute Gasteiger partial charge is 0.466 e. The molecule has 1 aromatic carbocycles. The van der Waals surface area contributed by atoms with Crippen molar-refractivity contribution in [2.45, 2.75) is 65.2 Å². The van der Waals surface area contributed by atoms with Crippen molar-refractivity contribution in [2.24, 2.45) is 0 Å². The molecule has 0 saturated carbocycles. The van der Waals surface area contributed by atoms with E-state index in [-0.39, 0.29) is 11.9 Å². The van der Waals surface area contributed by atoms with Crippen LogP contribution in [0.15, 0.2) is 37.4 Å². The van der Waals surface area contributed by atoms with Crippen LogP contribution in [0, 0.1) is 0 Å². The highest BCUT2D eigenvalue weighted by atomic mass is 16.5. The molecule has 154 valence electrons. The first-order chi connectivity index (χ1) is 13.4. The molecule has 28 heavy (non-hydrogen) atoms. The molecule has 0 aromatic heterocycles. The molecule has 1 aromatic rings. The lowest BCUT2D eigenvalue weighted by atomic mass is 9.91. The third-order valence-corrected chi connectivity index (χ3v) is 4.55. The molecular formula is C24H34O4. The minimum absolute atomic E-state index is 0.219. The van der Waals surface area contributed by atoms with Crippen LogP contribution in [0.25, 0.3) is 11.1 Å². The maximum atomic E-state index is 10.8. The Labute approximate surface area is 169 Å². The van der Waals surface area contributed by atoms with E-state index < -0.39 is 0 Å². The zero-order valence-corrected chi connectivity index (χ0v) is 17.4. The van der Waals surface area contributed by atoms with E-state index in [0.29, 0.717) is 13.2 Å². The van der Waals surface area contributed by atoms with Crippen molar-refractivity contribution in [1.82, 2.24) is 0 Å². The van der Waals surface area contributed by atoms with Crippen LogP contribution in [-0.4, -0.2) is 25.2 Å². The summed E-state index contributed by atoms with van der Waals surface area (Å²) in [5.74, 6) is -0.438. The summed E-state index contributed by atoms with van der Waals surface area (Å²) in [6.07, 6.45) is 7.69. The summed E-state index contributed by atoms with van der Waals surface area (Å²) in [6, 6.07) is 8.30. The molecule has 4 heteroatoms. The quantitative estimate of drug-likeness (QED) is 0.292. The van der Waals surface area contributed by atoms with Gasteiger partial charge in [0, 0.05) is 13.8 Å². The van der Waals surface area contributed by atoms with E-state index in [1.165, 1.54) is 25.0 Å². The average molecular weight is 387 g/mol. The Morgan fingerprint density at radius 3 is 1.46 bits per heavy atom. The molecule has 0 unspecified atom stereocenters. The fourth-order valence-corrected chi connectivity index (χ4v) is 3.04. The molecule has 0 atom stereocenters. The molecule has 0 aliphatic carbocycles. The minimum atomic E-state index is -0.219. The highest BCUT2D eigenvalue weighted by Gasteiger charge is 2.09. The van der Waals surface area contributed by atoms with Crippen molar-refractivity contribution in [3.05, 3.63) is 48.6 Å². The van der Waals surface area contributed by atoms with Crippen LogP contribution in [0.5, 0.6) is 0 Å². The lowest BCUT2D eigenvalue weighted by molar-refractivity contribution is -0.142. The molecule has 0 aliphatic rings. The van der Waals surface area contributed by atoms with Gasteiger partial charge in [-0.05, 0) is 73.6 Å². The van der Waals surface area contributed by atoms with Crippen molar-refractivity contribution >= 4 is 23.1 Å². The topological polar surface area (TPSA) is 52.6 Å². The van der Waals surface area contributed by atoms with E-state index in [2.05, 4.69) is 25.3 Å². The predicted octanol–water partition coefficient (Wildman–Crippen LogP) is 5.96. The van der Waals surface area contributed by atoms with E-state index in [9.17, 15) is 9.59 Å². The van der Waals surface area contributed by atoms with Crippen LogP contribution in [-0.2, 0) is 19.1 Å². The average Bonchev–Trinajstić information content (AvgIpc) is 2.66. The summed E-state index contributed by atoms with van der Waals surface area (Å²) in [5, 5.41) is 0. The molecule has 0 fully saturated rings. The molecule has 0 spiro atoms. The van der Waals surface area contributed by atoms with Gasteiger partial charge in [0.1, 0.15) is 0 Å². The summed E-state index contributed by atoms with van der Waals surface area (Å²) in [4.78, 5) is 21.5. The number of ether oxygens (including phenoxy) is 2. The molecule has 4 nitrogen and oxygen atoms in total. The fraction of sp³-hybridized carbons (Fsp3) is 0.500. The Morgan fingerprint density at radius 1 is 0.714 bits per heavy atom. The maximum absolute atomic E-state index is 10.8. The predicted molar refractivity (Wildman–Crippen MR) is 115 cm³/mol. The number of unbranched alkanes of at least 4 members (excludes halogenated alkanes) is 4. The maximum Gasteiger partial charge on any atom is 0.302 e. The van der Waals surface area contributed by atoms with Gasteiger partial charge in [-0.25, -0.2) is 0 Å². The van der Waals surface area contributed by atoms with Crippen LogP contribution >= 0.6 is 0 Å². The molecular weight excluding hydrogens is 352 g/mol. The third-order valence-electron chi connectivity index (χ3n) is 4.55. The molecule has 0 saturated heterocycles. The van der Waals surface area contributed by atoms with E-state index >= 15 is 0 Å². The van der Waals surface area contributed by atoms with Gasteiger partial charge in [0.25, 0.3) is 0 Å². The summed E-state index contributed by atoms with van der Waals surface area (Å²) in [7, 11) is 0. The van der Waals surface area contributed by atoms with E-state index in [4.69, 9.17) is 9.47 Å². The first kappa shape index (κ1) is 23.7. The number of carbonyl (C=O) groups excluding carboxylic acids is 2. The van der Waals surface area contributed by atoms with Crippen LogP contribution in [0.4, 0.5) is 0 Å². The van der Waals surface area contributed by atoms with Gasteiger partial charge >= 0.3 is 11.9 Å². The van der Waals surface area contributed by atoms with Crippen molar-refractivity contribution in [3.8, 4) is 0 Å². The SMILES string of the molecule is C=C(CCCCCOC(C)=O)c1ccccc1C(=C)CCCCCOC(C)=O. The molecule has 0 aliphatic heterocycles. The molecule has 1 rings (SSSR count). The first-order valence-corrected chi connectivity index (χ1v) is 10.1. The Morgan fingerprint density at radius 2 is 1.11 bits per heavy atom. The summed E-state index contributed by atoms with van der Waals surface area (Å²) < 4.78 is 9.92. The lowest BCUT2D eigenvalue weighted by Crippen LogP contribution is -2.00. The summed E-state index contributed by atoms with van der Waals surface area (Å²) >= 11 is 0. The number of carbonyl (C=O) groups is 2. The van der Waals surface area contributed by atoms with Gasteiger partial charge in [-0.1, -0.05) is 37.4 Å². The second kappa shape index (κ2) is 13.8. The molecule has 0 heterocycles. The second-order valence-corrected chi connectivity index (χ2v) is 7.05. The molecule has 0 amide bonds. The first-order valence-electron chi connectivity index (χ1n) is 10.1. The van der Waals surface area contributed by atoms with Crippen LogP contribution < -0.4 is 0 Å². The van der Waals surface area contributed by atoms with Gasteiger partial charge in [0.2, 0.25) is 0 Å². The molecule has 0 N–H and O–H groups in total.